The summed E-state index contributed by atoms with van der Waals surface area (Å²) in [4.78, 5) is 23.9. The SMILES string of the molecule is CC(=O)C1C(=O)NC2(C)CC1c1cc(Br)ccc1O2. The lowest BCUT2D eigenvalue weighted by Crippen LogP contribution is -2.61. The van der Waals surface area contributed by atoms with E-state index in [9.17, 15) is 9.59 Å². The third-order valence-corrected chi connectivity index (χ3v) is 4.32. The van der Waals surface area contributed by atoms with Gasteiger partial charge in [-0.1, -0.05) is 15.9 Å². The van der Waals surface area contributed by atoms with Crippen LogP contribution in [0, 0.1) is 5.92 Å². The molecule has 2 aliphatic heterocycles. The number of hydrogen-bond acceptors (Lipinski definition) is 3. The Morgan fingerprint density at radius 3 is 2.95 bits per heavy atom. The summed E-state index contributed by atoms with van der Waals surface area (Å²) < 4.78 is 6.80. The minimum atomic E-state index is -0.714. The summed E-state index contributed by atoms with van der Waals surface area (Å²) in [6.45, 7) is 3.32. The lowest BCUT2D eigenvalue weighted by Gasteiger charge is -2.46. The van der Waals surface area contributed by atoms with Gasteiger partial charge in [-0.15, -0.1) is 0 Å². The Hall–Kier alpha value is -1.36. The number of piperidine rings is 1. The van der Waals surface area contributed by atoms with Crippen molar-refractivity contribution in [3.05, 3.63) is 28.2 Å². The standard InChI is InChI=1S/C14H14BrNO3/c1-7(17)12-10-6-14(2,16-13(12)18)19-11-4-3-8(15)5-9(10)11/h3-5,10,12H,6H2,1-2H3,(H,16,18). The van der Waals surface area contributed by atoms with Gasteiger partial charge in [-0.3, -0.25) is 9.59 Å². The largest absolute Gasteiger partial charge is 0.468 e. The van der Waals surface area contributed by atoms with E-state index in [0.29, 0.717) is 6.42 Å². The van der Waals surface area contributed by atoms with E-state index in [-0.39, 0.29) is 17.6 Å². The summed E-state index contributed by atoms with van der Waals surface area (Å²) in [7, 11) is 0. The van der Waals surface area contributed by atoms with Crippen LogP contribution >= 0.6 is 15.9 Å². The van der Waals surface area contributed by atoms with Crippen LogP contribution in [-0.4, -0.2) is 17.4 Å². The van der Waals surface area contributed by atoms with Gasteiger partial charge in [-0.25, -0.2) is 0 Å². The lowest BCUT2D eigenvalue weighted by molar-refractivity contribution is -0.145. The number of carbonyl (C=O) groups is 2. The summed E-state index contributed by atoms with van der Waals surface area (Å²) in [5, 5.41) is 2.82. The highest BCUT2D eigenvalue weighted by atomic mass is 79.9. The number of nitrogens with one attached hydrogen (secondary N) is 1. The molecule has 1 amide bonds. The van der Waals surface area contributed by atoms with Gasteiger partial charge in [-0.2, -0.15) is 0 Å². The molecule has 1 saturated heterocycles. The average Bonchev–Trinajstić information content (AvgIpc) is 2.28. The Morgan fingerprint density at radius 1 is 1.53 bits per heavy atom. The molecule has 100 valence electrons. The van der Waals surface area contributed by atoms with E-state index in [1.807, 2.05) is 25.1 Å². The predicted molar refractivity (Wildman–Crippen MR) is 72.8 cm³/mol. The second kappa shape index (κ2) is 4.07. The summed E-state index contributed by atoms with van der Waals surface area (Å²) in [6.07, 6.45) is 0.618. The molecule has 2 heterocycles. The zero-order valence-electron chi connectivity index (χ0n) is 10.7. The minimum Gasteiger partial charge on any atom is -0.468 e. The smallest absolute Gasteiger partial charge is 0.234 e. The number of Topliss-reactive ketones (excluding diaryl/α,β-unsaturated/α-hetero) is 1. The molecule has 3 atom stereocenters. The molecule has 0 aliphatic carbocycles. The van der Waals surface area contributed by atoms with Crippen molar-refractivity contribution in [1.29, 1.82) is 0 Å². The van der Waals surface area contributed by atoms with Crippen molar-refractivity contribution < 1.29 is 14.3 Å². The summed E-state index contributed by atoms with van der Waals surface area (Å²) >= 11 is 3.42. The molecule has 0 aromatic heterocycles. The fraction of sp³-hybridized carbons (Fsp3) is 0.429. The van der Waals surface area contributed by atoms with Crippen LogP contribution in [0.3, 0.4) is 0 Å². The molecule has 1 aromatic rings. The van der Waals surface area contributed by atoms with Crippen LogP contribution in [0.25, 0.3) is 0 Å². The van der Waals surface area contributed by atoms with Gasteiger partial charge in [0, 0.05) is 16.8 Å². The van der Waals surface area contributed by atoms with Crippen molar-refractivity contribution in [2.24, 2.45) is 5.92 Å². The number of fused-ring (bicyclic) bond motifs is 4. The number of ether oxygens (including phenoxy) is 1. The molecule has 0 radical (unpaired) electrons. The van der Waals surface area contributed by atoms with Crippen molar-refractivity contribution >= 4 is 27.6 Å². The van der Waals surface area contributed by atoms with Crippen molar-refractivity contribution in [1.82, 2.24) is 5.32 Å². The van der Waals surface area contributed by atoms with E-state index in [0.717, 1.165) is 15.8 Å². The molecule has 3 unspecified atom stereocenters. The molecule has 2 bridgehead atoms. The first kappa shape index (κ1) is 12.7. The van der Waals surface area contributed by atoms with Gasteiger partial charge in [0.25, 0.3) is 0 Å². The van der Waals surface area contributed by atoms with Crippen LogP contribution in [0.2, 0.25) is 0 Å². The molecular formula is C14H14BrNO3. The van der Waals surface area contributed by atoms with E-state index >= 15 is 0 Å². The quantitative estimate of drug-likeness (QED) is 0.807. The summed E-state index contributed by atoms with van der Waals surface area (Å²) in [6, 6.07) is 5.71. The number of rotatable bonds is 1. The molecule has 0 spiro atoms. The van der Waals surface area contributed by atoms with Crippen molar-refractivity contribution in [2.75, 3.05) is 0 Å². The molecule has 3 rings (SSSR count). The van der Waals surface area contributed by atoms with E-state index < -0.39 is 11.6 Å². The Kier molecular flexibility index (Phi) is 2.71. The molecule has 2 aliphatic rings. The van der Waals surface area contributed by atoms with Gasteiger partial charge >= 0.3 is 0 Å². The first-order chi connectivity index (χ1) is 8.89. The van der Waals surface area contributed by atoms with Gasteiger partial charge in [0.05, 0.1) is 0 Å². The normalized spacial score (nSPS) is 32.1. The summed E-state index contributed by atoms with van der Waals surface area (Å²) in [5.74, 6) is -0.329. The van der Waals surface area contributed by atoms with E-state index in [1.165, 1.54) is 6.92 Å². The lowest BCUT2D eigenvalue weighted by atomic mass is 9.73. The average molecular weight is 324 g/mol. The number of carbonyl (C=O) groups excluding carboxylic acids is 2. The van der Waals surface area contributed by atoms with Crippen molar-refractivity contribution in [3.8, 4) is 5.75 Å². The minimum absolute atomic E-state index is 0.0997. The fourth-order valence-electron chi connectivity index (χ4n) is 3.08. The highest BCUT2D eigenvalue weighted by Gasteiger charge is 2.50. The Labute approximate surface area is 119 Å². The fourth-order valence-corrected chi connectivity index (χ4v) is 3.46. The third-order valence-electron chi connectivity index (χ3n) is 3.83. The Morgan fingerprint density at radius 2 is 2.26 bits per heavy atom. The van der Waals surface area contributed by atoms with Crippen LogP contribution in [0.1, 0.15) is 31.7 Å². The number of halogens is 1. The number of ketones is 1. The van der Waals surface area contributed by atoms with Crippen molar-refractivity contribution in [3.63, 3.8) is 0 Å². The highest BCUT2D eigenvalue weighted by Crippen LogP contribution is 2.47. The van der Waals surface area contributed by atoms with Gasteiger partial charge < -0.3 is 10.1 Å². The van der Waals surface area contributed by atoms with Gasteiger partial charge in [0.2, 0.25) is 5.91 Å². The van der Waals surface area contributed by atoms with Crippen LogP contribution in [0.15, 0.2) is 22.7 Å². The topological polar surface area (TPSA) is 55.4 Å². The molecule has 0 saturated carbocycles. The van der Waals surface area contributed by atoms with E-state index in [4.69, 9.17) is 4.74 Å². The second-order valence-electron chi connectivity index (χ2n) is 5.40. The maximum absolute atomic E-state index is 12.1. The number of amides is 1. The van der Waals surface area contributed by atoms with Gasteiger partial charge in [0.15, 0.2) is 5.72 Å². The van der Waals surface area contributed by atoms with Crippen LogP contribution in [0.4, 0.5) is 0 Å². The number of benzene rings is 1. The maximum atomic E-state index is 12.1. The summed E-state index contributed by atoms with van der Waals surface area (Å²) in [5.41, 5.74) is 0.219. The molecule has 1 N–H and O–H groups in total. The van der Waals surface area contributed by atoms with Gasteiger partial charge in [0.1, 0.15) is 17.5 Å². The molecular weight excluding hydrogens is 310 g/mol. The van der Waals surface area contributed by atoms with Crippen LogP contribution in [-0.2, 0) is 9.59 Å². The van der Waals surface area contributed by atoms with Crippen LogP contribution < -0.4 is 10.1 Å². The first-order valence-electron chi connectivity index (χ1n) is 6.20. The number of hydrogen-bond donors (Lipinski definition) is 1. The molecule has 1 fully saturated rings. The second-order valence-corrected chi connectivity index (χ2v) is 6.32. The molecule has 4 nitrogen and oxygen atoms in total. The highest BCUT2D eigenvalue weighted by molar-refractivity contribution is 9.10. The molecule has 19 heavy (non-hydrogen) atoms. The Balaban J connectivity index is 2.15. The first-order valence-corrected chi connectivity index (χ1v) is 7.00. The third kappa shape index (κ3) is 1.96. The monoisotopic (exact) mass is 323 g/mol. The van der Waals surface area contributed by atoms with Crippen LogP contribution in [0.5, 0.6) is 5.75 Å². The van der Waals surface area contributed by atoms with Crippen molar-refractivity contribution in [2.45, 2.75) is 31.9 Å². The predicted octanol–water partition coefficient (Wildman–Crippen LogP) is 2.37. The van der Waals surface area contributed by atoms with E-state index in [1.54, 1.807) is 0 Å². The molecule has 5 heteroatoms. The van der Waals surface area contributed by atoms with E-state index in [2.05, 4.69) is 21.2 Å². The molecule has 1 aromatic carbocycles. The Bertz CT molecular complexity index is 586. The zero-order chi connectivity index (χ0) is 13.8. The maximum Gasteiger partial charge on any atom is 0.234 e. The zero-order valence-corrected chi connectivity index (χ0v) is 12.3. The van der Waals surface area contributed by atoms with Gasteiger partial charge in [-0.05, 0) is 37.6 Å².